The Morgan fingerprint density at radius 2 is 2.22 bits per heavy atom. The van der Waals surface area contributed by atoms with Gasteiger partial charge in [-0.25, -0.2) is 0 Å². The average molecular weight is 125 g/mol. The maximum absolute atomic E-state index is 10.4. The van der Waals surface area contributed by atoms with Crippen molar-refractivity contribution in [2.24, 2.45) is 0 Å². The van der Waals surface area contributed by atoms with E-state index in [2.05, 4.69) is 6.42 Å². The van der Waals surface area contributed by atoms with Crippen LogP contribution in [-0.2, 0) is 9.59 Å². The first kappa shape index (κ1) is 7.70. The molecule has 3 nitrogen and oxygen atoms in total. The highest BCUT2D eigenvalue weighted by molar-refractivity contribution is 6.03. The molecule has 0 aromatic carbocycles. The summed E-state index contributed by atoms with van der Waals surface area (Å²) in [5.74, 6) is 0.731. The Morgan fingerprint density at radius 1 is 1.67 bits per heavy atom. The smallest absolute Gasteiger partial charge is 0.285 e. The van der Waals surface area contributed by atoms with E-state index in [1.54, 1.807) is 12.8 Å². The van der Waals surface area contributed by atoms with Crippen LogP contribution >= 0.6 is 0 Å². The van der Waals surface area contributed by atoms with Gasteiger partial charge in [-0.05, 0) is 5.92 Å². The molecule has 0 aliphatic heterocycles. The number of imide groups is 1. The number of rotatable bonds is 1. The molecule has 0 aliphatic carbocycles. The molecule has 0 radical (unpaired) electrons. The third kappa shape index (κ3) is 3.30. The van der Waals surface area contributed by atoms with E-state index < -0.39 is 5.91 Å². The first-order valence-corrected chi connectivity index (χ1v) is 2.51. The van der Waals surface area contributed by atoms with Crippen molar-refractivity contribution in [3.05, 3.63) is 0 Å². The van der Waals surface area contributed by atoms with E-state index in [0.29, 0.717) is 0 Å². The van der Waals surface area contributed by atoms with E-state index in [-0.39, 0.29) is 12.3 Å². The molecule has 0 aliphatic rings. The molecule has 0 aromatic rings. The van der Waals surface area contributed by atoms with Crippen LogP contribution in [0.1, 0.15) is 13.3 Å². The van der Waals surface area contributed by atoms with Crippen LogP contribution in [0.4, 0.5) is 0 Å². The number of carbonyl (C=O) groups is 2. The molecule has 0 unspecified atom stereocenters. The fourth-order valence-corrected chi connectivity index (χ4v) is 0.251. The summed E-state index contributed by atoms with van der Waals surface area (Å²) < 4.78 is 0. The fourth-order valence-electron chi connectivity index (χ4n) is 0.251. The topological polar surface area (TPSA) is 46.2 Å². The molecule has 1 N–H and O–H groups in total. The predicted molar refractivity (Wildman–Crippen MR) is 32.3 cm³/mol. The summed E-state index contributed by atoms with van der Waals surface area (Å²) in [6.45, 7) is 1.64. The predicted octanol–water partition coefficient (Wildman–Crippen LogP) is -0.328. The number of amides is 2. The van der Waals surface area contributed by atoms with E-state index in [9.17, 15) is 9.59 Å². The highest BCUT2D eigenvalue weighted by atomic mass is 16.2. The van der Waals surface area contributed by atoms with Gasteiger partial charge in [-0.15, -0.1) is 6.42 Å². The first-order chi connectivity index (χ1) is 4.20. The number of hydrogen-bond acceptors (Lipinski definition) is 2. The van der Waals surface area contributed by atoms with Gasteiger partial charge in [0.25, 0.3) is 0 Å². The van der Waals surface area contributed by atoms with Gasteiger partial charge in [0.1, 0.15) is 0 Å². The largest absolute Gasteiger partial charge is 0.302 e. The van der Waals surface area contributed by atoms with Crippen molar-refractivity contribution < 1.29 is 9.59 Å². The Morgan fingerprint density at radius 3 is 2.56 bits per heavy atom. The second kappa shape index (κ2) is 3.67. The van der Waals surface area contributed by atoms with Gasteiger partial charge in [-0.2, -0.15) is 0 Å². The zero-order valence-corrected chi connectivity index (χ0v) is 5.10. The van der Waals surface area contributed by atoms with Gasteiger partial charge >= 0.3 is 5.91 Å². The van der Waals surface area contributed by atoms with Crippen LogP contribution in [0.25, 0.3) is 0 Å². The average Bonchev–Trinajstić information content (AvgIpc) is 1.87. The summed E-state index contributed by atoms with van der Waals surface area (Å²) in [6.07, 6.45) is 4.93. The van der Waals surface area contributed by atoms with Crippen LogP contribution in [0.2, 0.25) is 0 Å². The number of terminal acetylenes is 1. The third-order valence-corrected chi connectivity index (χ3v) is 0.705. The van der Waals surface area contributed by atoms with E-state index >= 15 is 0 Å². The van der Waals surface area contributed by atoms with Gasteiger partial charge < -0.3 is 0 Å². The lowest BCUT2D eigenvalue weighted by molar-refractivity contribution is -0.127. The quantitative estimate of drug-likeness (QED) is 0.488. The lowest BCUT2D eigenvalue weighted by Gasteiger charge is -1.92. The van der Waals surface area contributed by atoms with Crippen LogP contribution in [-0.4, -0.2) is 11.8 Å². The second-order valence-electron chi connectivity index (χ2n) is 1.38. The van der Waals surface area contributed by atoms with Crippen molar-refractivity contribution in [1.82, 2.24) is 5.32 Å². The SMILES string of the molecule is C#CC(=O)NC(=O)CC. The minimum absolute atomic E-state index is 0.271. The lowest BCUT2D eigenvalue weighted by atomic mass is 10.4. The van der Waals surface area contributed by atoms with E-state index in [1.807, 2.05) is 5.32 Å². The minimum atomic E-state index is -0.679. The number of carbonyl (C=O) groups excluding carboxylic acids is 2. The fraction of sp³-hybridized carbons (Fsp3) is 0.333. The Balaban J connectivity index is 3.64. The zero-order valence-electron chi connectivity index (χ0n) is 5.10. The monoisotopic (exact) mass is 125 g/mol. The molecule has 0 saturated heterocycles. The molecule has 0 heterocycles. The summed E-state index contributed by atoms with van der Waals surface area (Å²) in [4.78, 5) is 20.6. The molecule has 0 bridgehead atoms. The van der Waals surface area contributed by atoms with Crippen molar-refractivity contribution in [2.45, 2.75) is 13.3 Å². The van der Waals surface area contributed by atoms with Crippen LogP contribution in [0.3, 0.4) is 0 Å². The van der Waals surface area contributed by atoms with E-state index in [0.717, 1.165) is 0 Å². The van der Waals surface area contributed by atoms with Crippen molar-refractivity contribution in [3.8, 4) is 12.3 Å². The molecule has 2 amide bonds. The Labute approximate surface area is 53.4 Å². The van der Waals surface area contributed by atoms with Gasteiger partial charge in [0.05, 0.1) is 0 Å². The normalized spacial score (nSPS) is 7.56. The Bertz CT molecular complexity index is 166. The minimum Gasteiger partial charge on any atom is -0.285 e. The third-order valence-electron chi connectivity index (χ3n) is 0.705. The maximum Gasteiger partial charge on any atom is 0.302 e. The second-order valence-corrected chi connectivity index (χ2v) is 1.38. The molecule has 9 heavy (non-hydrogen) atoms. The van der Waals surface area contributed by atoms with Gasteiger partial charge in [0.2, 0.25) is 5.91 Å². The Kier molecular flexibility index (Phi) is 3.14. The molecule has 0 atom stereocenters. The van der Waals surface area contributed by atoms with Crippen LogP contribution in [0, 0.1) is 12.3 Å². The van der Waals surface area contributed by atoms with E-state index in [4.69, 9.17) is 0 Å². The van der Waals surface area contributed by atoms with Crippen molar-refractivity contribution in [2.75, 3.05) is 0 Å². The molecular weight excluding hydrogens is 118 g/mol. The molecule has 3 heteroatoms. The first-order valence-electron chi connectivity index (χ1n) is 2.51. The lowest BCUT2D eigenvalue weighted by Crippen LogP contribution is -2.27. The number of nitrogens with one attached hydrogen (secondary N) is 1. The van der Waals surface area contributed by atoms with Crippen LogP contribution in [0.5, 0.6) is 0 Å². The van der Waals surface area contributed by atoms with Crippen LogP contribution < -0.4 is 5.32 Å². The summed E-state index contributed by atoms with van der Waals surface area (Å²) in [5, 5.41) is 1.97. The summed E-state index contributed by atoms with van der Waals surface area (Å²) in [5.41, 5.74) is 0. The molecule has 0 spiro atoms. The summed E-state index contributed by atoms with van der Waals surface area (Å²) in [6, 6.07) is 0. The highest BCUT2D eigenvalue weighted by Crippen LogP contribution is 1.72. The molecule has 48 valence electrons. The van der Waals surface area contributed by atoms with Crippen molar-refractivity contribution in [1.29, 1.82) is 0 Å². The Hall–Kier alpha value is -1.30. The van der Waals surface area contributed by atoms with Gasteiger partial charge in [0.15, 0.2) is 0 Å². The standard InChI is InChI=1S/C6H7NO2/c1-3-5(8)7-6(9)4-2/h1H,4H2,2H3,(H,7,8,9). The van der Waals surface area contributed by atoms with E-state index in [1.165, 1.54) is 0 Å². The summed E-state index contributed by atoms with van der Waals surface area (Å²) in [7, 11) is 0. The van der Waals surface area contributed by atoms with Gasteiger partial charge in [-0.1, -0.05) is 6.92 Å². The highest BCUT2D eigenvalue weighted by Gasteiger charge is 1.99. The summed E-state index contributed by atoms with van der Waals surface area (Å²) >= 11 is 0. The maximum atomic E-state index is 10.4. The van der Waals surface area contributed by atoms with Crippen molar-refractivity contribution in [3.63, 3.8) is 0 Å². The van der Waals surface area contributed by atoms with Gasteiger partial charge in [-0.3, -0.25) is 14.9 Å². The van der Waals surface area contributed by atoms with Crippen LogP contribution in [0.15, 0.2) is 0 Å². The van der Waals surface area contributed by atoms with Gasteiger partial charge in [0, 0.05) is 6.42 Å². The molecule has 0 saturated carbocycles. The number of hydrogen-bond donors (Lipinski definition) is 1. The molecule has 0 rings (SSSR count). The molecule has 0 aromatic heterocycles. The molecule has 0 fully saturated rings. The molecular formula is C6H7NO2. The zero-order chi connectivity index (χ0) is 7.28. The van der Waals surface area contributed by atoms with Crippen molar-refractivity contribution >= 4 is 11.8 Å².